The van der Waals surface area contributed by atoms with Gasteiger partial charge in [-0.2, -0.15) is 0 Å². The fourth-order valence-electron chi connectivity index (χ4n) is 6.13. The first kappa shape index (κ1) is 32.6. The van der Waals surface area contributed by atoms with E-state index in [-0.39, 0.29) is 46.5 Å². The molecule has 2 bridgehead atoms. The van der Waals surface area contributed by atoms with E-state index >= 15 is 0 Å². The lowest BCUT2D eigenvalue weighted by atomic mass is 9.73. The smallest absolute Gasteiger partial charge is 0.407 e. The zero-order chi connectivity index (χ0) is 31.9. The number of sulfone groups is 1. The van der Waals surface area contributed by atoms with Crippen molar-refractivity contribution >= 4 is 45.0 Å². The Labute approximate surface area is 251 Å². The first-order valence-electron chi connectivity index (χ1n) is 13.4. The Kier molecular flexibility index (Phi) is 9.33. The Morgan fingerprint density at radius 2 is 1.77 bits per heavy atom. The van der Waals surface area contributed by atoms with Crippen LogP contribution < -0.4 is 16.0 Å². The minimum absolute atomic E-state index is 0.0588. The standard InChI is InChI=1S/C28H31ClF3N3O7S/c1-13-6-16-8-18(11-19(13)28(16,39)12-33-25(36)14(2)34-27(38)42-3)43(40,41)23-7-15(4-5-20(23)29)26(37)35-17-9-21(30)24(32)22(31)10-17/h4-5,7,9-10,13-14,16,18-19,39H,6,8,11-12H2,1-3H3,(H,33,36)(H,34,38)(H,35,37)/t13-,14+,16?,18+,19?,28+/m0/s1. The molecule has 0 spiro atoms. The Balaban J connectivity index is 1.51. The number of hydrogen-bond donors (Lipinski definition) is 4. The van der Waals surface area contributed by atoms with Crippen LogP contribution in [0.15, 0.2) is 35.2 Å². The van der Waals surface area contributed by atoms with Gasteiger partial charge in [0.2, 0.25) is 5.91 Å². The molecule has 2 aliphatic rings. The molecule has 15 heteroatoms. The van der Waals surface area contributed by atoms with Crippen molar-refractivity contribution in [3.05, 3.63) is 58.4 Å². The summed E-state index contributed by atoms with van der Waals surface area (Å²) in [6.07, 6.45) is -0.158. The highest BCUT2D eigenvalue weighted by atomic mass is 35.5. The molecule has 234 valence electrons. The highest BCUT2D eigenvalue weighted by molar-refractivity contribution is 7.92. The van der Waals surface area contributed by atoms with Crippen molar-refractivity contribution in [2.24, 2.45) is 17.8 Å². The summed E-state index contributed by atoms with van der Waals surface area (Å²) in [7, 11) is -2.98. The molecule has 0 heterocycles. The molecule has 2 unspecified atom stereocenters. The van der Waals surface area contributed by atoms with Crippen LogP contribution in [0.5, 0.6) is 0 Å². The molecule has 2 aromatic rings. The summed E-state index contributed by atoms with van der Waals surface area (Å²) in [5.41, 5.74) is -1.94. The second-order valence-electron chi connectivity index (χ2n) is 11.1. The largest absolute Gasteiger partial charge is 0.453 e. The van der Waals surface area contributed by atoms with Crippen LogP contribution in [0.25, 0.3) is 0 Å². The minimum atomic E-state index is -4.14. The summed E-state index contributed by atoms with van der Waals surface area (Å²) in [5.74, 6) is -7.23. The van der Waals surface area contributed by atoms with Crippen molar-refractivity contribution in [2.75, 3.05) is 19.0 Å². The minimum Gasteiger partial charge on any atom is -0.453 e. The predicted octanol–water partition coefficient (Wildman–Crippen LogP) is 3.81. The van der Waals surface area contributed by atoms with Crippen molar-refractivity contribution < 1.29 is 45.8 Å². The Morgan fingerprint density at radius 3 is 2.37 bits per heavy atom. The molecule has 43 heavy (non-hydrogen) atoms. The van der Waals surface area contributed by atoms with E-state index in [2.05, 4.69) is 20.7 Å². The van der Waals surface area contributed by atoms with E-state index in [1.165, 1.54) is 19.1 Å². The van der Waals surface area contributed by atoms with Crippen molar-refractivity contribution in [2.45, 2.75) is 54.9 Å². The molecule has 2 aromatic carbocycles. The van der Waals surface area contributed by atoms with Gasteiger partial charge in [-0.25, -0.2) is 26.4 Å². The number of alkyl carbamates (subject to hydrolysis) is 1. The summed E-state index contributed by atoms with van der Waals surface area (Å²) < 4.78 is 72.6. The number of nitrogens with one attached hydrogen (secondary N) is 3. The van der Waals surface area contributed by atoms with Crippen LogP contribution in [0.1, 0.15) is 43.5 Å². The van der Waals surface area contributed by atoms with Gasteiger partial charge in [-0.1, -0.05) is 18.5 Å². The Morgan fingerprint density at radius 1 is 1.12 bits per heavy atom. The molecule has 3 amide bonds. The Hall–Kier alpha value is -3.36. The number of fused-ring (bicyclic) bond motifs is 2. The topological polar surface area (TPSA) is 151 Å². The molecule has 0 radical (unpaired) electrons. The van der Waals surface area contributed by atoms with Gasteiger partial charge in [0.05, 0.1) is 27.9 Å². The molecule has 4 rings (SSSR count). The summed E-state index contributed by atoms with van der Waals surface area (Å²) in [5, 5.41) is 17.7. The maximum Gasteiger partial charge on any atom is 0.407 e. The van der Waals surface area contributed by atoms with Crippen LogP contribution >= 0.6 is 11.6 Å². The summed E-state index contributed by atoms with van der Waals surface area (Å²) in [4.78, 5) is 36.4. The number of methoxy groups -OCH3 is 1. The van der Waals surface area contributed by atoms with Gasteiger partial charge in [0, 0.05) is 29.9 Å². The number of carbonyl (C=O) groups excluding carboxylic acids is 3. The summed E-state index contributed by atoms with van der Waals surface area (Å²) in [6.45, 7) is 3.20. The van der Waals surface area contributed by atoms with Crippen molar-refractivity contribution in [1.82, 2.24) is 10.6 Å². The van der Waals surface area contributed by atoms with E-state index in [9.17, 15) is 41.1 Å². The number of ether oxygens (including phenoxy) is 1. The molecule has 0 aromatic heterocycles. The first-order chi connectivity index (χ1) is 20.1. The number of carbonyl (C=O) groups is 3. The maximum atomic E-state index is 13.8. The third-order valence-electron chi connectivity index (χ3n) is 8.40. The van der Waals surface area contributed by atoms with Crippen LogP contribution in [0.2, 0.25) is 5.02 Å². The van der Waals surface area contributed by atoms with Crippen LogP contribution in [0, 0.1) is 35.2 Å². The zero-order valence-electron chi connectivity index (χ0n) is 23.4. The quantitative estimate of drug-likeness (QED) is 0.319. The van der Waals surface area contributed by atoms with E-state index in [4.69, 9.17) is 11.6 Å². The lowest BCUT2D eigenvalue weighted by molar-refractivity contribution is -0.126. The second-order valence-corrected chi connectivity index (χ2v) is 13.7. The van der Waals surface area contributed by atoms with Gasteiger partial charge in [-0.15, -0.1) is 0 Å². The van der Waals surface area contributed by atoms with E-state index in [1.807, 2.05) is 6.92 Å². The molecule has 2 fully saturated rings. The third kappa shape index (κ3) is 6.46. The number of hydrogen-bond acceptors (Lipinski definition) is 7. The molecular weight excluding hydrogens is 615 g/mol. The fraction of sp³-hybridized carbons (Fsp3) is 0.464. The van der Waals surface area contributed by atoms with Gasteiger partial charge in [0.15, 0.2) is 27.3 Å². The fourth-order valence-corrected chi connectivity index (χ4v) is 8.51. The maximum absolute atomic E-state index is 13.8. The molecule has 6 atom stereocenters. The molecule has 10 nitrogen and oxygen atoms in total. The molecular formula is C28H31ClF3N3O7S. The normalized spacial score (nSPS) is 25.5. The summed E-state index contributed by atoms with van der Waals surface area (Å²) in [6, 6.07) is 3.74. The number of halogens is 4. The van der Waals surface area contributed by atoms with E-state index in [1.54, 1.807) is 0 Å². The van der Waals surface area contributed by atoms with Crippen LogP contribution in [-0.4, -0.2) is 62.0 Å². The molecule has 2 aliphatic carbocycles. The highest BCUT2D eigenvalue weighted by Crippen LogP contribution is 2.54. The number of aliphatic hydroxyl groups is 1. The Bertz CT molecular complexity index is 1540. The van der Waals surface area contributed by atoms with Crippen molar-refractivity contribution in [3.8, 4) is 0 Å². The van der Waals surface area contributed by atoms with E-state index in [0.717, 1.165) is 13.2 Å². The van der Waals surface area contributed by atoms with Gasteiger partial charge in [-0.3, -0.25) is 9.59 Å². The van der Waals surface area contributed by atoms with Gasteiger partial charge < -0.3 is 25.8 Å². The average molecular weight is 646 g/mol. The van der Waals surface area contributed by atoms with E-state index < -0.39 is 73.9 Å². The first-order valence-corrected chi connectivity index (χ1v) is 15.3. The van der Waals surface area contributed by atoms with Crippen molar-refractivity contribution in [3.63, 3.8) is 0 Å². The molecule has 4 N–H and O–H groups in total. The number of amides is 3. The van der Waals surface area contributed by atoms with Gasteiger partial charge in [0.25, 0.3) is 5.91 Å². The predicted molar refractivity (Wildman–Crippen MR) is 150 cm³/mol. The lowest BCUT2D eigenvalue weighted by Crippen LogP contribution is -2.57. The van der Waals surface area contributed by atoms with E-state index in [0.29, 0.717) is 18.6 Å². The lowest BCUT2D eigenvalue weighted by Gasteiger charge is -2.43. The SMILES string of the molecule is COC(=O)N[C@H](C)C(=O)NC[C@@]1(O)C2C[C@@H](S(=O)(=O)c3cc(C(=O)Nc4cc(F)c(F)c(F)c4)ccc3Cl)CC1[C@@H](C)C2. The second kappa shape index (κ2) is 12.3. The van der Waals surface area contributed by atoms with Gasteiger partial charge >= 0.3 is 6.09 Å². The third-order valence-corrected chi connectivity index (χ3v) is 11.1. The summed E-state index contributed by atoms with van der Waals surface area (Å²) >= 11 is 6.27. The monoisotopic (exact) mass is 645 g/mol. The van der Waals surface area contributed by atoms with Crippen LogP contribution in [-0.2, 0) is 19.4 Å². The number of rotatable bonds is 8. The average Bonchev–Trinajstić information content (AvgIpc) is 3.06. The van der Waals surface area contributed by atoms with Gasteiger partial charge in [0.1, 0.15) is 6.04 Å². The molecule has 2 saturated carbocycles. The van der Waals surface area contributed by atoms with Crippen LogP contribution in [0.4, 0.5) is 23.7 Å². The van der Waals surface area contributed by atoms with Gasteiger partial charge in [-0.05, 0) is 62.1 Å². The van der Waals surface area contributed by atoms with Crippen molar-refractivity contribution in [1.29, 1.82) is 0 Å². The van der Waals surface area contributed by atoms with Crippen LogP contribution in [0.3, 0.4) is 0 Å². The zero-order valence-corrected chi connectivity index (χ0v) is 25.0. The molecule has 0 saturated heterocycles. The molecule has 0 aliphatic heterocycles. The number of benzene rings is 2. The number of anilines is 1. The highest BCUT2D eigenvalue weighted by Gasteiger charge is 2.58.